The predicted octanol–water partition coefficient (Wildman–Crippen LogP) is 5.70. The molecule has 0 amide bonds. The van der Waals surface area contributed by atoms with E-state index in [0.717, 1.165) is 21.5 Å². The number of anilines is 1. The van der Waals surface area contributed by atoms with Gasteiger partial charge in [-0.2, -0.15) is 13.2 Å². The highest BCUT2D eigenvalue weighted by molar-refractivity contribution is 9.10. The van der Waals surface area contributed by atoms with Gasteiger partial charge in [0.25, 0.3) is 0 Å². The van der Waals surface area contributed by atoms with Gasteiger partial charge in [0.15, 0.2) is 11.9 Å². The molecule has 7 nitrogen and oxygen atoms in total. The third kappa shape index (κ3) is 4.16. The first-order valence-corrected chi connectivity index (χ1v) is 9.85. The summed E-state index contributed by atoms with van der Waals surface area (Å²) < 4.78 is 51.8. The summed E-state index contributed by atoms with van der Waals surface area (Å²) in [6.07, 6.45) is -4.85. The van der Waals surface area contributed by atoms with Gasteiger partial charge in [-0.1, -0.05) is 26.4 Å². The number of ether oxygens (including phenoxy) is 1. The van der Waals surface area contributed by atoms with Gasteiger partial charge in [-0.3, -0.25) is 10.9 Å². The number of rotatable bonds is 6. The first kappa shape index (κ1) is 20.3. The number of hydrogen-bond donors (Lipinski definition) is 3. The van der Waals surface area contributed by atoms with Crippen molar-refractivity contribution in [1.29, 1.82) is 0 Å². The molecular weight excluding hydrogens is 467 g/mol. The zero-order valence-corrected chi connectivity index (χ0v) is 17.3. The summed E-state index contributed by atoms with van der Waals surface area (Å²) in [6.45, 7) is 2.09. The van der Waals surface area contributed by atoms with Gasteiger partial charge in [-0.15, -0.1) is 0 Å². The summed E-state index contributed by atoms with van der Waals surface area (Å²) in [5.74, 6) is 0.433. The summed E-state index contributed by atoms with van der Waals surface area (Å²) in [5.41, 5.74) is 6.52. The molecule has 0 fully saturated rings. The predicted molar refractivity (Wildman–Crippen MR) is 108 cm³/mol. The van der Waals surface area contributed by atoms with E-state index in [1.807, 2.05) is 18.2 Å². The van der Waals surface area contributed by atoms with Crippen molar-refractivity contribution in [3.05, 3.63) is 57.8 Å². The van der Waals surface area contributed by atoms with E-state index in [1.165, 1.54) is 6.07 Å². The van der Waals surface area contributed by atoms with Gasteiger partial charge in [0.2, 0.25) is 0 Å². The van der Waals surface area contributed by atoms with Crippen molar-refractivity contribution in [2.45, 2.75) is 25.8 Å². The second kappa shape index (κ2) is 8.05. The zero-order chi connectivity index (χ0) is 21.3. The fraction of sp³-hybridized carbons (Fsp3) is 0.263. The van der Waals surface area contributed by atoms with E-state index in [0.29, 0.717) is 23.6 Å². The van der Waals surface area contributed by atoms with Gasteiger partial charge in [-0.25, -0.2) is 0 Å². The molecule has 158 valence electrons. The van der Waals surface area contributed by atoms with Crippen molar-refractivity contribution in [2.24, 2.45) is 10.4 Å². The van der Waals surface area contributed by atoms with Gasteiger partial charge < -0.3 is 14.5 Å². The van der Waals surface area contributed by atoms with Gasteiger partial charge in [-0.05, 0) is 48.9 Å². The summed E-state index contributed by atoms with van der Waals surface area (Å²) in [7, 11) is 0. The fourth-order valence-electron chi connectivity index (χ4n) is 3.07. The molecule has 3 aromatic rings. The highest BCUT2D eigenvalue weighted by Crippen LogP contribution is 2.38. The number of alkyl halides is 3. The first-order valence-electron chi connectivity index (χ1n) is 9.05. The molecule has 1 aromatic heterocycles. The lowest BCUT2D eigenvalue weighted by atomic mass is 10.1. The monoisotopic (exact) mass is 483 g/mol. The lowest BCUT2D eigenvalue weighted by Gasteiger charge is -2.15. The van der Waals surface area contributed by atoms with Crippen molar-refractivity contribution in [1.82, 2.24) is 10.9 Å². The van der Waals surface area contributed by atoms with E-state index >= 15 is 0 Å². The highest BCUT2D eigenvalue weighted by Gasteiger charge is 2.34. The maximum atomic E-state index is 13.3. The van der Waals surface area contributed by atoms with Crippen LogP contribution in [0.2, 0.25) is 0 Å². The van der Waals surface area contributed by atoms with Gasteiger partial charge >= 0.3 is 6.18 Å². The third-order valence-electron chi connectivity index (χ3n) is 4.48. The van der Waals surface area contributed by atoms with Crippen LogP contribution in [0.3, 0.4) is 0 Å². The molecule has 1 aliphatic heterocycles. The Kier molecular flexibility index (Phi) is 5.46. The molecule has 0 unspecified atom stereocenters. The van der Waals surface area contributed by atoms with Crippen molar-refractivity contribution in [3.63, 3.8) is 0 Å². The number of nitrogens with zero attached hydrogens (tertiary/aromatic N) is 2. The summed E-state index contributed by atoms with van der Waals surface area (Å²) in [6, 6.07) is 9.51. The van der Waals surface area contributed by atoms with Crippen LogP contribution in [-0.4, -0.2) is 6.61 Å². The molecule has 30 heavy (non-hydrogen) atoms. The van der Waals surface area contributed by atoms with Crippen molar-refractivity contribution < 1.29 is 22.3 Å². The Morgan fingerprint density at radius 2 is 1.93 bits per heavy atom. The Morgan fingerprint density at radius 3 is 2.63 bits per heavy atom. The van der Waals surface area contributed by atoms with Crippen molar-refractivity contribution in [2.75, 3.05) is 11.9 Å². The highest BCUT2D eigenvalue weighted by atomic mass is 79.9. The number of fused-ring (bicyclic) bond motifs is 1. The van der Waals surface area contributed by atoms with E-state index in [9.17, 15) is 13.2 Å². The van der Waals surface area contributed by atoms with Crippen LogP contribution in [0.4, 0.5) is 18.9 Å². The summed E-state index contributed by atoms with van der Waals surface area (Å²) in [4.78, 5) is 0. The minimum absolute atomic E-state index is 0.155. The third-order valence-corrected chi connectivity index (χ3v) is 5.22. The molecular formula is C19H17BrF3N5O2. The Hall–Kier alpha value is -2.95. The van der Waals surface area contributed by atoms with E-state index in [1.54, 1.807) is 13.0 Å². The molecule has 0 saturated heterocycles. The lowest BCUT2D eigenvalue weighted by molar-refractivity contribution is -0.138. The molecule has 0 saturated carbocycles. The van der Waals surface area contributed by atoms with E-state index < -0.39 is 11.7 Å². The zero-order valence-electron chi connectivity index (χ0n) is 15.7. The molecule has 2 aromatic carbocycles. The molecule has 0 bridgehead atoms. The average Bonchev–Trinajstić information content (AvgIpc) is 3.35. The second-order valence-electron chi connectivity index (χ2n) is 6.52. The SMILES string of the molecule is CCOc1ccc(NCc2cc3oc(C4NN=NN4)cc3cc2Br)cc1C(F)(F)F. The van der Waals surface area contributed by atoms with E-state index in [-0.39, 0.29) is 18.5 Å². The van der Waals surface area contributed by atoms with Gasteiger partial charge in [0.1, 0.15) is 11.3 Å². The number of nitrogens with one attached hydrogen (secondary N) is 3. The standard InChI is InChI=1S/C19H17BrF3N5O2/c1-2-29-15-4-3-12(8-13(15)19(21,22)23)24-9-11-7-16-10(5-14(11)20)6-17(30-16)18-25-27-28-26-18/h3-8,18,24H,2,9H2,1H3,(H,25,28)(H,26,27). The maximum Gasteiger partial charge on any atom is 0.420 e. The molecule has 1 aliphatic rings. The van der Waals surface area contributed by atoms with Crippen LogP contribution in [0.25, 0.3) is 11.0 Å². The molecule has 0 spiro atoms. The summed E-state index contributed by atoms with van der Waals surface area (Å²) in [5, 5.41) is 11.2. The largest absolute Gasteiger partial charge is 0.493 e. The Labute approximate surface area is 177 Å². The number of halogens is 4. The number of benzene rings is 2. The van der Waals surface area contributed by atoms with Crippen LogP contribution in [0, 0.1) is 0 Å². The number of furan rings is 1. The Morgan fingerprint density at radius 1 is 1.17 bits per heavy atom. The Balaban J connectivity index is 1.55. The smallest absolute Gasteiger partial charge is 0.420 e. The van der Waals surface area contributed by atoms with Crippen LogP contribution in [0.1, 0.15) is 30.0 Å². The quantitative estimate of drug-likeness (QED) is 0.418. The second-order valence-corrected chi connectivity index (χ2v) is 7.37. The van der Waals surface area contributed by atoms with Crippen LogP contribution < -0.4 is 20.9 Å². The van der Waals surface area contributed by atoms with Crippen LogP contribution >= 0.6 is 15.9 Å². The van der Waals surface area contributed by atoms with Crippen LogP contribution in [-0.2, 0) is 12.7 Å². The summed E-state index contributed by atoms with van der Waals surface area (Å²) >= 11 is 3.51. The van der Waals surface area contributed by atoms with Gasteiger partial charge in [0, 0.05) is 22.1 Å². The first-order chi connectivity index (χ1) is 14.3. The Bertz CT molecular complexity index is 1090. The van der Waals surface area contributed by atoms with Crippen molar-refractivity contribution >= 4 is 32.6 Å². The van der Waals surface area contributed by atoms with Crippen LogP contribution in [0.5, 0.6) is 5.75 Å². The van der Waals surface area contributed by atoms with Crippen LogP contribution in [0.15, 0.2) is 55.7 Å². The minimum atomic E-state index is -4.51. The molecule has 11 heteroatoms. The molecule has 4 rings (SSSR count). The van der Waals surface area contributed by atoms with Gasteiger partial charge in [0.05, 0.1) is 12.2 Å². The molecule has 0 atom stereocenters. The fourth-order valence-corrected chi connectivity index (χ4v) is 3.57. The normalized spacial score (nSPS) is 14.0. The topological polar surface area (TPSA) is 83.2 Å². The van der Waals surface area contributed by atoms with E-state index in [2.05, 4.69) is 42.5 Å². The molecule has 0 aliphatic carbocycles. The molecule has 3 N–H and O–H groups in total. The van der Waals surface area contributed by atoms with E-state index in [4.69, 9.17) is 9.15 Å². The van der Waals surface area contributed by atoms with Crippen molar-refractivity contribution in [3.8, 4) is 5.75 Å². The average molecular weight is 484 g/mol. The molecule has 2 heterocycles. The molecule has 0 radical (unpaired) electrons. The maximum absolute atomic E-state index is 13.3. The number of hydrogen-bond acceptors (Lipinski definition) is 7. The lowest BCUT2D eigenvalue weighted by Crippen LogP contribution is -2.19. The minimum Gasteiger partial charge on any atom is -0.493 e.